The van der Waals surface area contributed by atoms with Crippen molar-refractivity contribution >= 4 is 5.97 Å². The lowest BCUT2D eigenvalue weighted by Gasteiger charge is -2.19. The summed E-state index contributed by atoms with van der Waals surface area (Å²) in [6, 6.07) is 7.59. The van der Waals surface area contributed by atoms with Gasteiger partial charge in [-0.3, -0.25) is 4.79 Å². The third kappa shape index (κ3) is 7.57. The number of benzene rings is 1. The molecule has 0 aliphatic rings. The summed E-state index contributed by atoms with van der Waals surface area (Å²) in [5, 5.41) is 7.42. The molecule has 0 atom stereocenters. The molecule has 1 aromatic rings. The van der Waals surface area contributed by atoms with Crippen LogP contribution in [0.25, 0.3) is 0 Å². The van der Waals surface area contributed by atoms with Gasteiger partial charge in [-0.2, -0.15) is 10.2 Å². The van der Waals surface area contributed by atoms with Crippen LogP contribution in [0, 0.1) is 0 Å². The zero-order valence-electron chi connectivity index (χ0n) is 13.8. The van der Waals surface area contributed by atoms with Gasteiger partial charge in [0.2, 0.25) is 0 Å². The molecule has 0 N–H and O–H groups in total. The van der Waals surface area contributed by atoms with Crippen molar-refractivity contribution in [3.63, 3.8) is 0 Å². The first kappa shape index (κ1) is 17.9. The summed E-state index contributed by atoms with van der Waals surface area (Å²) in [7, 11) is 1.59. The van der Waals surface area contributed by atoms with Gasteiger partial charge in [0.1, 0.15) is 18.0 Å². The molecule has 0 aromatic heterocycles. The molecule has 0 heterocycles. The van der Waals surface area contributed by atoms with Gasteiger partial charge < -0.3 is 9.47 Å². The molecule has 5 nitrogen and oxygen atoms in total. The maximum Gasteiger partial charge on any atom is 0.306 e. The van der Waals surface area contributed by atoms with Gasteiger partial charge in [0.15, 0.2) is 0 Å². The van der Waals surface area contributed by atoms with E-state index >= 15 is 0 Å². The van der Waals surface area contributed by atoms with E-state index in [1.165, 1.54) is 0 Å². The molecule has 0 amide bonds. The second-order valence-corrected chi connectivity index (χ2v) is 5.89. The number of carbonyl (C=O) groups is 1. The Morgan fingerprint density at radius 2 is 1.86 bits per heavy atom. The SMILES string of the molecule is C=C(COc1ccc(CCC(=O)OC(C)(C)C)cc1)/N=N\C. The van der Waals surface area contributed by atoms with Crippen LogP contribution in [0.3, 0.4) is 0 Å². The molecule has 0 aliphatic carbocycles. The van der Waals surface area contributed by atoms with Crippen molar-refractivity contribution in [2.24, 2.45) is 10.2 Å². The molecule has 0 spiro atoms. The number of nitrogens with zero attached hydrogens (tertiary/aromatic N) is 2. The van der Waals surface area contributed by atoms with E-state index in [1.54, 1.807) is 7.05 Å². The third-order valence-corrected chi connectivity index (χ3v) is 2.61. The van der Waals surface area contributed by atoms with E-state index in [-0.39, 0.29) is 5.97 Å². The van der Waals surface area contributed by atoms with Crippen molar-refractivity contribution < 1.29 is 14.3 Å². The van der Waals surface area contributed by atoms with Gasteiger partial charge in [-0.1, -0.05) is 18.7 Å². The molecule has 0 fully saturated rings. The first-order chi connectivity index (χ1) is 10.3. The Bertz CT molecular complexity index is 528. The first-order valence-corrected chi connectivity index (χ1v) is 7.21. The van der Waals surface area contributed by atoms with E-state index in [1.807, 2.05) is 45.0 Å². The number of carbonyl (C=O) groups excluding carboxylic acids is 1. The minimum absolute atomic E-state index is 0.186. The van der Waals surface area contributed by atoms with Crippen LogP contribution in [0.15, 0.2) is 46.8 Å². The molecule has 0 aliphatic heterocycles. The average Bonchev–Trinajstić information content (AvgIpc) is 2.42. The number of aryl methyl sites for hydroxylation is 1. The fourth-order valence-corrected chi connectivity index (χ4v) is 1.73. The van der Waals surface area contributed by atoms with Crippen molar-refractivity contribution in [3.05, 3.63) is 42.1 Å². The number of esters is 1. The fraction of sp³-hybridized carbons (Fsp3) is 0.471. The number of hydrogen-bond acceptors (Lipinski definition) is 5. The fourth-order valence-electron chi connectivity index (χ4n) is 1.73. The predicted octanol–water partition coefficient (Wildman–Crippen LogP) is 3.94. The summed E-state index contributed by atoms with van der Waals surface area (Å²) in [4.78, 5) is 11.7. The number of ether oxygens (including phenoxy) is 2. The van der Waals surface area contributed by atoms with Gasteiger partial charge in [-0.15, -0.1) is 0 Å². The van der Waals surface area contributed by atoms with Crippen LogP contribution >= 0.6 is 0 Å². The number of azo groups is 1. The Morgan fingerprint density at radius 1 is 1.23 bits per heavy atom. The summed E-state index contributed by atoms with van der Waals surface area (Å²) in [5.41, 5.74) is 1.19. The van der Waals surface area contributed by atoms with Crippen molar-refractivity contribution in [3.8, 4) is 5.75 Å². The van der Waals surface area contributed by atoms with Gasteiger partial charge in [0.05, 0.1) is 5.70 Å². The lowest BCUT2D eigenvalue weighted by molar-refractivity contribution is -0.154. The van der Waals surface area contributed by atoms with E-state index in [4.69, 9.17) is 9.47 Å². The highest BCUT2D eigenvalue weighted by atomic mass is 16.6. The first-order valence-electron chi connectivity index (χ1n) is 7.21. The molecule has 120 valence electrons. The van der Waals surface area contributed by atoms with Crippen molar-refractivity contribution in [1.29, 1.82) is 0 Å². The summed E-state index contributed by atoms with van der Waals surface area (Å²) in [6.45, 7) is 9.61. The lowest BCUT2D eigenvalue weighted by Crippen LogP contribution is -2.23. The van der Waals surface area contributed by atoms with E-state index in [0.717, 1.165) is 11.3 Å². The lowest BCUT2D eigenvalue weighted by atomic mass is 10.1. The molecule has 0 saturated heterocycles. The maximum absolute atomic E-state index is 11.7. The van der Waals surface area contributed by atoms with Gasteiger partial charge in [0.25, 0.3) is 0 Å². The minimum atomic E-state index is -0.437. The largest absolute Gasteiger partial charge is 0.487 e. The highest BCUT2D eigenvalue weighted by Crippen LogP contribution is 2.15. The Kier molecular flexibility index (Phi) is 6.76. The summed E-state index contributed by atoms with van der Waals surface area (Å²) >= 11 is 0. The molecule has 1 rings (SSSR count). The second kappa shape index (κ2) is 8.32. The van der Waals surface area contributed by atoms with Crippen LogP contribution in [-0.4, -0.2) is 25.2 Å². The Hall–Kier alpha value is -2.17. The van der Waals surface area contributed by atoms with Crippen LogP contribution < -0.4 is 4.74 Å². The standard InChI is InChI=1S/C17H24N2O3/c1-13(19-18-5)12-21-15-9-6-14(7-10-15)8-11-16(20)22-17(2,3)4/h6-7,9-10H,1,8,11-12H2,2-5H3/b19-18-. The quantitative estimate of drug-likeness (QED) is 0.566. The summed E-state index contributed by atoms with van der Waals surface area (Å²) < 4.78 is 10.8. The zero-order chi connectivity index (χ0) is 16.6. The normalized spacial score (nSPS) is 11.5. The smallest absolute Gasteiger partial charge is 0.306 e. The third-order valence-electron chi connectivity index (χ3n) is 2.61. The van der Waals surface area contributed by atoms with Gasteiger partial charge >= 0.3 is 5.97 Å². The molecule has 1 aromatic carbocycles. The molecule has 5 heteroatoms. The summed E-state index contributed by atoms with van der Waals surface area (Å²) in [5.74, 6) is 0.544. The van der Waals surface area contributed by atoms with Gasteiger partial charge in [-0.25, -0.2) is 0 Å². The highest BCUT2D eigenvalue weighted by molar-refractivity contribution is 5.70. The minimum Gasteiger partial charge on any atom is -0.487 e. The molecule has 0 bridgehead atoms. The number of rotatable bonds is 7. The molecule has 22 heavy (non-hydrogen) atoms. The molecular weight excluding hydrogens is 280 g/mol. The monoisotopic (exact) mass is 304 g/mol. The number of hydrogen-bond donors (Lipinski definition) is 0. The van der Waals surface area contributed by atoms with E-state index in [2.05, 4.69) is 16.8 Å². The zero-order valence-corrected chi connectivity index (χ0v) is 13.8. The summed E-state index contributed by atoms with van der Waals surface area (Å²) in [6.07, 6.45) is 1.01. The van der Waals surface area contributed by atoms with Gasteiger partial charge in [-0.05, 0) is 44.9 Å². The van der Waals surface area contributed by atoms with Crippen LogP contribution in [-0.2, 0) is 16.0 Å². The van der Waals surface area contributed by atoms with Crippen LogP contribution in [0.5, 0.6) is 5.75 Å². The van der Waals surface area contributed by atoms with Crippen molar-refractivity contribution in [2.45, 2.75) is 39.2 Å². The van der Waals surface area contributed by atoms with Crippen molar-refractivity contribution in [2.75, 3.05) is 13.7 Å². The topological polar surface area (TPSA) is 60.2 Å². The maximum atomic E-state index is 11.7. The molecule has 0 radical (unpaired) electrons. The predicted molar refractivity (Wildman–Crippen MR) is 86.0 cm³/mol. The van der Waals surface area contributed by atoms with Crippen LogP contribution in [0.2, 0.25) is 0 Å². The van der Waals surface area contributed by atoms with Crippen LogP contribution in [0.4, 0.5) is 0 Å². The highest BCUT2D eigenvalue weighted by Gasteiger charge is 2.15. The average molecular weight is 304 g/mol. The van der Waals surface area contributed by atoms with E-state index in [9.17, 15) is 4.79 Å². The molecule has 0 unspecified atom stereocenters. The van der Waals surface area contributed by atoms with Gasteiger partial charge in [0, 0.05) is 13.5 Å². The molecular formula is C17H24N2O3. The molecule has 0 saturated carbocycles. The van der Waals surface area contributed by atoms with E-state index in [0.29, 0.717) is 25.1 Å². The van der Waals surface area contributed by atoms with E-state index < -0.39 is 5.60 Å². The Balaban J connectivity index is 2.42. The van der Waals surface area contributed by atoms with Crippen molar-refractivity contribution in [1.82, 2.24) is 0 Å². The van der Waals surface area contributed by atoms with Crippen LogP contribution in [0.1, 0.15) is 32.8 Å². The Labute approximate surface area is 132 Å². The second-order valence-electron chi connectivity index (χ2n) is 5.89. The Morgan fingerprint density at radius 3 is 2.41 bits per heavy atom.